The molecule has 0 saturated carbocycles. The van der Waals surface area contributed by atoms with Crippen LogP contribution in [0.5, 0.6) is 5.75 Å². The normalized spacial score (nSPS) is 13.3. The van der Waals surface area contributed by atoms with E-state index in [0.29, 0.717) is 29.4 Å². The molecule has 1 aromatic carbocycles. The first kappa shape index (κ1) is 38.2. The van der Waals surface area contributed by atoms with Gasteiger partial charge in [0.25, 0.3) is 0 Å². The van der Waals surface area contributed by atoms with Crippen LogP contribution in [-0.4, -0.2) is 53.4 Å². The molecule has 1 N–H and O–H groups in total. The molecule has 0 unspecified atom stereocenters. The zero-order valence-corrected chi connectivity index (χ0v) is 26.1. The second-order valence-electron chi connectivity index (χ2n) is 5.94. The predicted octanol–water partition coefficient (Wildman–Crippen LogP) is -15.1. The maximum Gasteiger partial charge on any atom is 1.00 e. The Hall–Kier alpha value is 1.88. The first-order chi connectivity index (χ1) is 10.8. The summed E-state index contributed by atoms with van der Waals surface area (Å²) in [6, 6.07) is 4.67. The minimum Gasteiger partial charge on any atom is -1.00 e. The van der Waals surface area contributed by atoms with Crippen LogP contribution in [-0.2, 0) is 0 Å². The molecule has 1 aliphatic heterocycles. The van der Waals surface area contributed by atoms with Crippen LogP contribution >= 0.6 is 11.3 Å². The second-order valence-corrected chi connectivity index (χ2v) is 7.17. The Bertz CT molecular complexity index is 768. The number of aromatic carboxylic acids is 1. The van der Waals surface area contributed by atoms with Gasteiger partial charge in [0.2, 0.25) is 0 Å². The van der Waals surface area contributed by atoms with E-state index in [-0.39, 0.29) is 138 Å². The number of benzene rings is 1. The van der Waals surface area contributed by atoms with Crippen molar-refractivity contribution in [2.24, 2.45) is 0 Å². The Morgan fingerprint density at radius 1 is 1.24 bits per heavy atom. The Morgan fingerprint density at radius 3 is 2.28 bits per heavy atom. The molecule has 0 aliphatic carbocycles. The predicted molar refractivity (Wildman–Crippen MR) is 86.1 cm³/mol. The molecule has 0 amide bonds. The van der Waals surface area contributed by atoms with Gasteiger partial charge in [-0.25, -0.2) is 14.2 Å². The van der Waals surface area contributed by atoms with Gasteiger partial charge in [0.05, 0.1) is 5.56 Å². The molecule has 1 fully saturated rings. The molecule has 29 heavy (non-hydrogen) atoms. The second kappa shape index (κ2) is 16.5. The maximum absolute atomic E-state index is 14.2. The van der Waals surface area contributed by atoms with Crippen molar-refractivity contribution in [1.82, 2.24) is 9.88 Å². The zero-order chi connectivity index (χ0) is 16.6. The van der Waals surface area contributed by atoms with Crippen molar-refractivity contribution < 1.29 is 145 Å². The van der Waals surface area contributed by atoms with E-state index < -0.39 is 11.6 Å². The van der Waals surface area contributed by atoms with E-state index in [1.165, 1.54) is 17.4 Å². The van der Waals surface area contributed by atoms with E-state index in [9.17, 15) is 14.3 Å². The Kier molecular flexibility index (Phi) is 21.7. The van der Waals surface area contributed by atoms with Gasteiger partial charge in [-0.2, -0.15) is 0 Å². The number of nitrogens with zero attached hydrogens (tertiary/aromatic N) is 2. The fraction of sp³-hybridized carbons (Fsp3) is 0.375. The third-order valence-electron chi connectivity index (χ3n) is 3.63. The maximum atomic E-state index is 14.2. The van der Waals surface area contributed by atoms with E-state index in [2.05, 4.69) is 4.98 Å². The van der Waals surface area contributed by atoms with Gasteiger partial charge >= 0.3 is 94.6 Å². The van der Waals surface area contributed by atoms with E-state index in [1.54, 1.807) is 18.3 Å². The molecule has 13 heteroatoms. The van der Waals surface area contributed by atoms with E-state index in [4.69, 9.17) is 4.74 Å². The molecule has 1 saturated heterocycles. The number of carboxylic acid groups (broad SMARTS) is 1. The van der Waals surface area contributed by atoms with Gasteiger partial charge in [0.1, 0.15) is 17.4 Å². The van der Waals surface area contributed by atoms with Crippen LogP contribution in [0.3, 0.4) is 0 Å². The van der Waals surface area contributed by atoms with Crippen molar-refractivity contribution in [3.63, 3.8) is 0 Å². The number of hydrogen-bond acceptors (Lipinski definition) is 5. The topological polar surface area (TPSA) is 62.7 Å². The SMILES string of the molecule is Cc1cnc(-c2cc(OCC3(F)CN(C)C3)cc(C(=O)O)c2)s1.[Cl-].[Cl-].[Cl-].[Na+].[Na+].[Na+]. The molecule has 0 spiro atoms. The minimum absolute atomic E-state index is 0. The number of carboxylic acids is 1. The monoisotopic (exact) mass is 510 g/mol. The molecule has 1 aromatic heterocycles. The summed E-state index contributed by atoms with van der Waals surface area (Å²) in [5.41, 5.74) is -0.605. The molecule has 5 nitrogen and oxygen atoms in total. The van der Waals surface area contributed by atoms with Gasteiger partial charge in [-0.3, -0.25) is 4.90 Å². The van der Waals surface area contributed by atoms with Crippen LogP contribution in [0.15, 0.2) is 24.4 Å². The molecule has 146 valence electrons. The minimum atomic E-state index is -1.37. The number of aromatic nitrogens is 1. The summed E-state index contributed by atoms with van der Waals surface area (Å²) in [4.78, 5) is 18.5. The molecular weight excluding hydrogens is 495 g/mol. The first-order valence-electron chi connectivity index (χ1n) is 7.16. The van der Waals surface area contributed by atoms with Gasteiger partial charge in [-0.1, -0.05) is 0 Å². The average Bonchev–Trinajstić information content (AvgIpc) is 2.90. The van der Waals surface area contributed by atoms with Crippen molar-refractivity contribution in [2.75, 3.05) is 26.7 Å². The van der Waals surface area contributed by atoms with Gasteiger partial charge in [-0.05, 0) is 32.2 Å². The van der Waals surface area contributed by atoms with Crippen molar-refractivity contribution in [3.8, 4) is 16.3 Å². The molecule has 3 rings (SSSR count). The number of alkyl halides is 1. The van der Waals surface area contributed by atoms with Gasteiger partial charge in [0, 0.05) is 29.7 Å². The molecule has 1 aliphatic rings. The molecular formula is C16H17Cl3FN2Na3O3S. The molecule has 0 bridgehead atoms. The summed E-state index contributed by atoms with van der Waals surface area (Å²) in [7, 11) is 1.84. The van der Waals surface area contributed by atoms with Gasteiger partial charge in [-0.15, -0.1) is 11.3 Å². The van der Waals surface area contributed by atoms with Crippen molar-refractivity contribution in [1.29, 1.82) is 0 Å². The fourth-order valence-corrected chi connectivity index (χ4v) is 3.39. The third-order valence-corrected chi connectivity index (χ3v) is 4.59. The van der Waals surface area contributed by atoms with Crippen molar-refractivity contribution in [2.45, 2.75) is 12.6 Å². The fourth-order valence-electron chi connectivity index (χ4n) is 2.64. The average molecular weight is 512 g/mol. The number of aryl methyl sites for hydroxylation is 1. The van der Waals surface area contributed by atoms with Crippen LogP contribution in [0.4, 0.5) is 4.39 Å². The Balaban J connectivity index is -0.000000521. The summed E-state index contributed by atoms with van der Waals surface area (Å²) < 4.78 is 19.8. The quantitative estimate of drug-likeness (QED) is 0.404. The zero-order valence-electron chi connectivity index (χ0n) is 17.0. The largest absolute Gasteiger partial charge is 1.00 e. The number of rotatable bonds is 5. The van der Waals surface area contributed by atoms with Crippen LogP contribution in [0.1, 0.15) is 15.2 Å². The van der Waals surface area contributed by atoms with Crippen molar-refractivity contribution in [3.05, 3.63) is 34.8 Å². The van der Waals surface area contributed by atoms with Gasteiger partial charge in [0.15, 0.2) is 5.67 Å². The number of ether oxygens (including phenoxy) is 1. The number of hydrogen-bond donors (Lipinski definition) is 1. The molecule has 0 atom stereocenters. The standard InChI is InChI=1S/C16H17FN2O3S.3ClH.3Na/c1-10-6-18-14(23-10)11-3-12(15(20)21)5-13(4-11)22-9-16(17)7-19(2)8-16;;;;;;/h3-6H,7-9H2,1-2H3,(H,20,21);3*1H;;;/q;;;;3*+1/p-3. The summed E-state index contributed by atoms with van der Waals surface area (Å²) in [6.45, 7) is 2.49. The summed E-state index contributed by atoms with van der Waals surface area (Å²) in [5, 5.41) is 9.97. The summed E-state index contributed by atoms with van der Waals surface area (Å²) >= 11 is 1.47. The van der Waals surface area contributed by atoms with E-state index in [0.717, 1.165) is 4.88 Å². The molecule has 2 aromatic rings. The number of carbonyl (C=O) groups is 1. The smallest absolute Gasteiger partial charge is 1.00 e. The van der Waals surface area contributed by atoms with Crippen molar-refractivity contribution >= 4 is 17.3 Å². The van der Waals surface area contributed by atoms with E-state index in [1.807, 2.05) is 18.9 Å². The Labute approximate surface area is 259 Å². The van der Waals surface area contributed by atoms with E-state index >= 15 is 0 Å². The number of likely N-dealkylation sites (tertiary alicyclic amines) is 1. The van der Waals surface area contributed by atoms with Gasteiger partial charge < -0.3 is 47.1 Å². The number of thiazole rings is 1. The van der Waals surface area contributed by atoms with Crippen LogP contribution in [0.25, 0.3) is 10.6 Å². The third kappa shape index (κ3) is 10.6. The summed E-state index contributed by atoms with van der Waals surface area (Å²) in [6.07, 6.45) is 1.73. The number of halogens is 4. The summed E-state index contributed by atoms with van der Waals surface area (Å²) in [5.74, 6) is -0.706. The molecule has 0 radical (unpaired) electrons. The van der Waals surface area contributed by atoms with Crippen LogP contribution < -0.4 is 131 Å². The van der Waals surface area contributed by atoms with Crippen LogP contribution in [0.2, 0.25) is 0 Å². The first-order valence-corrected chi connectivity index (χ1v) is 7.98. The van der Waals surface area contributed by atoms with Crippen LogP contribution in [0, 0.1) is 6.92 Å². The Morgan fingerprint density at radius 2 is 1.83 bits per heavy atom. The molecule has 2 heterocycles.